The van der Waals surface area contributed by atoms with E-state index in [0.717, 1.165) is 30.4 Å². The summed E-state index contributed by atoms with van der Waals surface area (Å²) in [6.45, 7) is 0. The summed E-state index contributed by atoms with van der Waals surface area (Å²) in [7, 11) is 1.26. The summed E-state index contributed by atoms with van der Waals surface area (Å²) in [5.41, 5.74) is 0.650. The second-order valence-electron chi connectivity index (χ2n) is 4.88. The summed E-state index contributed by atoms with van der Waals surface area (Å²) in [6, 6.07) is 8.64. The maximum absolute atomic E-state index is 13.1. The highest BCUT2D eigenvalue weighted by Gasteiger charge is 2.08. The summed E-state index contributed by atoms with van der Waals surface area (Å²) >= 11 is 0. The second-order valence-corrected chi connectivity index (χ2v) is 4.88. The molecule has 1 N–H and O–H groups in total. The molecule has 2 aromatic carbocycles. The number of carbonyl (C=O) groups is 3. The molecule has 0 spiro atoms. The quantitative estimate of drug-likeness (QED) is 0.513. The SMILES string of the molecule is COC(=O)c1ccc(NC(=O)/C=C/C(=O)c2ccc(F)c(F)c2)cc1. The van der Waals surface area contributed by atoms with Gasteiger partial charge in [-0.2, -0.15) is 0 Å². The van der Waals surface area contributed by atoms with Gasteiger partial charge >= 0.3 is 5.97 Å². The number of allylic oxidation sites excluding steroid dienone is 1. The summed E-state index contributed by atoms with van der Waals surface area (Å²) in [6.07, 6.45) is 1.92. The fraction of sp³-hybridized carbons (Fsp3) is 0.0556. The molecule has 2 aromatic rings. The molecule has 5 nitrogen and oxygen atoms in total. The fourth-order valence-electron chi connectivity index (χ4n) is 1.89. The average Bonchev–Trinajstić information content (AvgIpc) is 2.62. The molecule has 128 valence electrons. The largest absolute Gasteiger partial charge is 0.465 e. The van der Waals surface area contributed by atoms with Gasteiger partial charge in [-0.05, 0) is 48.5 Å². The third-order valence-corrected chi connectivity index (χ3v) is 3.16. The summed E-state index contributed by atoms with van der Waals surface area (Å²) < 4.78 is 30.5. The first kappa shape index (κ1) is 18.0. The number of methoxy groups -OCH3 is 1. The van der Waals surface area contributed by atoms with Crippen molar-refractivity contribution in [2.75, 3.05) is 12.4 Å². The molecule has 1 amide bonds. The third-order valence-electron chi connectivity index (χ3n) is 3.16. The molecule has 0 saturated carbocycles. The van der Waals surface area contributed by atoms with Gasteiger partial charge in [0.05, 0.1) is 12.7 Å². The van der Waals surface area contributed by atoms with Crippen LogP contribution in [-0.2, 0) is 9.53 Å². The zero-order valence-corrected chi connectivity index (χ0v) is 13.1. The predicted molar refractivity (Wildman–Crippen MR) is 86.2 cm³/mol. The molecule has 0 aliphatic carbocycles. The Hall–Kier alpha value is -3.35. The number of nitrogens with one attached hydrogen (secondary N) is 1. The van der Waals surface area contributed by atoms with E-state index < -0.39 is 29.3 Å². The van der Waals surface area contributed by atoms with Gasteiger partial charge in [-0.1, -0.05) is 0 Å². The van der Waals surface area contributed by atoms with Crippen LogP contribution in [0, 0.1) is 11.6 Å². The molecule has 0 aliphatic rings. The topological polar surface area (TPSA) is 72.5 Å². The van der Waals surface area contributed by atoms with Gasteiger partial charge < -0.3 is 10.1 Å². The normalized spacial score (nSPS) is 10.5. The molecular weight excluding hydrogens is 332 g/mol. The Morgan fingerprint density at radius 2 is 1.56 bits per heavy atom. The van der Waals surface area contributed by atoms with E-state index in [2.05, 4.69) is 10.1 Å². The van der Waals surface area contributed by atoms with Gasteiger partial charge in [0.15, 0.2) is 17.4 Å². The van der Waals surface area contributed by atoms with Crippen molar-refractivity contribution in [1.82, 2.24) is 0 Å². The molecule has 2 rings (SSSR count). The molecule has 0 aliphatic heterocycles. The predicted octanol–water partition coefficient (Wildman–Crippen LogP) is 3.13. The number of amides is 1. The minimum absolute atomic E-state index is 0.0784. The van der Waals surface area contributed by atoms with E-state index in [4.69, 9.17) is 0 Å². The van der Waals surface area contributed by atoms with Gasteiger partial charge in [0, 0.05) is 17.3 Å². The Bertz CT molecular complexity index is 845. The Balaban J connectivity index is 1.99. The van der Waals surface area contributed by atoms with Crippen LogP contribution in [0.5, 0.6) is 0 Å². The second kappa shape index (κ2) is 7.96. The van der Waals surface area contributed by atoms with Gasteiger partial charge in [0.1, 0.15) is 0 Å². The lowest BCUT2D eigenvalue weighted by atomic mass is 10.1. The highest BCUT2D eigenvalue weighted by atomic mass is 19.2. The molecule has 0 fully saturated rings. The number of hydrogen-bond donors (Lipinski definition) is 1. The minimum atomic E-state index is -1.14. The van der Waals surface area contributed by atoms with Crippen molar-refractivity contribution in [2.24, 2.45) is 0 Å². The van der Waals surface area contributed by atoms with Gasteiger partial charge in [-0.3, -0.25) is 9.59 Å². The molecule has 0 bridgehead atoms. The molecule has 0 aromatic heterocycles. The molecule has 0 heterocycles. The van der Waals surface area contributed by atoms with Crippen LogP contribution in [0.25, 0.3) is 0 Å². The Morgan fingerprint density at radius 1 is 0.920 bits per heavy atom. The Labute approximate surface area is 141 Å². The van der Waals surface area contributed by atoms with Gasteiger partial charge in [-0.25, -0.2) is 13.6 Å². The van der Waals surface area contributed by atoms with Gasteiger partial charge in [0.2, 0.25) is 5.91 Å². The Kier molecular flexibility index (Phi) is 5.73. The van der Waals surface area contributed by atoms with E-state index in [1.165, 1.54) is 31.4 Å². The maximum Gasteiger partial charge on any atom is 0.337 e. The van der Waals surface area contributed by atoms with Crippen LogP contribution in [0.1, 0.15) is 20.7 Å². The van der Waals surface area contributed by atoms with E-state index in [1.54, 1.807) is 0 Å². The molecule has 0 saturated heterocycles. The van der Waals surface area contributed by atoms with E-state index in [9.17, 15) is 23.2 Å². The first-order valence-electron chi connectivity index (χ1n) is 7.07. The lowest BCUT2D eigenvalue weighted by Crippen LogP contribution is -2.09. The third kappa shape index (κ3) is 4.81. The molecule has 7 heteroatoms. The summed E-state index contributed by atoms with van der Waals surface area (Å²) in [5.74, 6) is -3.95. The number of anilines is 1. The van der Waals surface area contributed by atoms with Gasteiger partial charge in [-0.15, -0.1) is 0 Å². The van der Waals surface area contributed by atoms with Crippen molar-refractivity contribution in [3.05, 3.63) is 77.4 Å². The van der Waals surface area contributed by atoms with E-state index in [-0.39, 0.29) is 5.56 Å². The van der Waals surface area contributed by atoms with Crippen molar-refractivity contribution in [2.45, 2.75) is 0 Å². The van der Waals surface area contributed by atoms with Crippen molar-refractivity contribution in [1.29, 1.82) is 0 Å². The number of rotatable bonds is 5. The van der Waals surface area contributed by atoms with E-state index in [1.807, 2.05) is 0 Å². The van der Waals surface area contributed by atoms with Crippen molar-refractivity contribution in [3.63, 3.8) is 0 Å². The van der Waals surface area contributed by atoms with Crippen LogP contribution < -0.4 is 5.32 Å². The van der Waals surface area contributed by atoms with Crippen molar-refractivity contribution < 1.29 is 27.9 Å². The standard InChI is InChI=1S/C18H13F2NO4/c1-25-18(24)11-2-5-13(6-3-11)21-17(23)9-8-16(22)12-4-7-14(19)15(20)10-12/h2-10H,1H3,(H,21,23)/b9-8+. The highest BCUT2D eigenvalue weighted by Crippen LogP contribution is 2.11. The molecular formula is C18H13F2NO4. The van der Waals surface area contributed by atoms with Crippen LogP contribution in [-0.4, -0.2) is 24.8 Å². The lowest BCUT2D eigenvalue weighted by molar-refractivity contribution is -0.111. The number of esters is 1. The van der Waals surface area contributed by atoms with Crippen molar-refractivity contribution >= 4 is 23.3 Å². The number of ether oxygens (including phenoxy) is 1. The smallest absolute Gasteiger partial charge is 0.337 e. The number of halogens is 2. The number of benzene rings is 2. The van der Waals surface area contributed by atoms with E-state index >= 15 is 0 Å². The molecule has 0 radical (unpaired) electrons. The maximum atomic E-state index is 13.1. The zero-order chi connectivity index (χ0) is 18.4. The highest BCUT2D eigenvalue weighted by molar-refractivity contribution is 6.09. The van der Waals surface area contributed by atoms with Crippen LogP contribution in [0.3, 0.4) is 0 Å². The zero-order valence-electron chi connectivity index (χ0n) is 13.1. The number of hydrogen-bond acceptors (Lipinski definition) is 4. The minimum Gasteiger partial charge on any atom is -0.465 e. The monoisotopic (exact) mass is 345 g/mol. The molecule has 25 heavy (non-hydrogen) atoms. The van der Waals surface area contributed by atoms with Crippen LogP contribution in [0.15, 0.2) is 54.6 Å². The summed E-state index contributed by atoms with van der Waals surface area (Å²) in [4.78, 5) is 34.9. The first-order chi connectivity index (χ1) is 11.9. The van der Waals surface area contributed by atoms with Crippen molar-refractivity contribution in [3.8, 4) is 0 Å². The molecule has 0 atom stereocenters. The van der Waals surface area contributed by atoms with Crippen LogP contribution in [0.2, 0.25) is 0 Å². The Morgan fingerprint density at radius 3 is 2.16 bits per heavy atom. The van der Waals surface area contributed by atoms with E-state index in [0.29, 0.717) is 11.3 Å². The average molecular weight is 345 g/mol. The van der Waals surface area contributed by atoms with Gasteiger partial charge in [0.25, 0.3) is 0 Å². The fourth-order valence-corrected chi connectivity index (χ4v) is 1.89. The van der Waals surface area contributed by atoms with Crippen LogP contribution >= 0.6 is 0 Å². The molecule has 0 unspecified atom stereocenters. The first-order valence-corrected chi connectivity index (χ1v) is 7.07. The summed E-state index contributed by atoms with van der Waals surface area (Å²) in [5, 5.41) is 2.49. The number of carbonyl (C=O) groups excluding carboxylic acids is 3. The van der Waals surface area contributed by atoms with Crippen LogP contribution in [0.4, 0.5) is 14.5 Å². The number of ketones is 1. The lowest BCUT2D eigenvalue weighted by Gasteiger charge is -2.03.